The normalized spacial score (nSPS) is 14.8. The molecule has 0 saturated carbocycles. The molecule has 1 aliphatic heterocycles. The Morgan fingerprint density at radius 1 is 1.29 bits per heavy atom. The highest BCUT2D eigenvalue weighted by Gasteiger charge is 2.20. The van der Waals surface area contributed by atoms with Crippen molar-refractivity contribution in [1.29, 1.82) is 0 Å². The maximum absolute atomic E-state index is 11.6. The number of hydrogen-bond donors (Lipinski definition) is 2. The van der Waals surface area contributed by atoms with Gasteiger partial charge < -0.3 is 20.1 Å². The highest BCUT2D eigenvalue weighted by molar-refractivity contribution is 6.31. The highest BCUT2D eigenvalue weighted by Crippen LogP contribution is 2.33. The number of ether oxygens (including phenoxy) is 1. The minimum atomic E-state index is -0.992. The topological polar surface area (TPSA) is 74.7 Å². The predicted molar refractivity (Wildman–Crippen MR) is 123 cm³/mol. The van der Waals surface area contributed by atoms with E-state index in [0.717, 1.165) is 35.4 Å². The predicted octanol–water partition coefficient (Wildman–Crippen LogP) is 4.58. The lowest BCUT2D eigenvalue weighted by atomic mass is 10.00. The van der Waals surface area contributed by atoms with Crippen molar-refractivity contribution in [2.24, 2.45) is 0 Å². The summed E-state index contributed by atoms with van der Waals surface area (Å²) in [6.45, 7) is 4.71. The van der Waals surface area contributed by atoms with Crippen molar-refractivity contribution in [2.75, 3.05) is 36.5 Å². The van der Waals surface area contributed by atoms with Crippen molar-refractivity contribution < 1.29 is 14.6 Å². The molecular formula is C24H22ClN3O3. The molecule has 7 heteroatoms. The summed E-state index contributed by atoms with van der Waals surface area (Å²) in [4.78, 5) is 18.7. The molecule has 158 valence electrons. The zero-order chi connectivity index (χ0) is 22.0. The number of carboxylic acid groups (broad SMARTS) is 1. The molecule has 0 amide bonds. The molecule has 1 aromatic heterocycles. The van der Waals surface area contributed by atoms with E-state index in [9.17, 15) is 9.90 Å². The summed E-state index contributed by atoms with van der Waals surface area (Å²) in [5.74, 6) is 2.57. The van der Waals surface area contributed by atoms with E-state index in [-0.39, 0.29) is 11.6 Å². The first-order valence-corrected chi connectivity index (χ1v) is 10.4. The molecule has 4 rings (SSSR count). The summed E-state index contributed by atoms with van der Waals surface area (Å²) < 4.78 is 5.45. The van der Waals surface area contributed by atoms with Gasteiger partial charge in [-0.05, 0) is 37.3 Å². The van der Waals surface area contributed by atoms with Crippen LogP contribution in [0.2, 0.25) is 5.02 Å². The number of fused-ring (bicyclic) bond motifs is 1. The van der Waals surface area contributed by atoms with Crippen molar-refractivity contribution in [3.8, 4) is 12.3 Å². The second kappa shape index (κ2) is 8.84. The Labute approximate surface area is 185 Å². The number of anilines is 2. The van der Waals surface area contributed by atoms with Crippen molar-refractivity contribution in [3.63, 3.8) is 0 Å². The van der Waals surface area contributed by atoms with Gasteiger partial charge in [0.15, 0.2) is 0 Å². The Morgan fingerprint density at radius 3 is 2.74 bits per heavy atom. The average Bonchev–Trinajstić information content (AvgIpc) is 2.78. The van der Waals surface area contributed by atoms with Crippen LogP contribution in [0.4, 0.5) is 11.5 Å². The largest absolute Gasteiger partial charge is 0.478 e. The summed E-state index contributed by atoms with van der Waals surface area (Å²) in [6.07, 6.45) is 5.82. The number of pyridine rings is 1. The van der Waals surface area contributed by atoms with Crippen molar-refractivity contribution >= 4 is 40.0 Å². The van der Waals surface area contributed by atoms with E-state index in [4.69, 9.17) is 27.7 Å². The third kappa shape index (κ3) is 4.29. The number of carbonyl (C=O) groups is 1. The van der Waals surface area contributed by atoms with E-state index in [0.29, 0.717) is 29.5 Å². The zero-order valence-electron chi connectivity index (χ0n) is 17.1. The molecule has 2 heterocycles. The van der Waals surface area contributed by atoms with Crippen LogP contribution in [0, 0.1) is 12.3 Å². The monoisotopic (exact) mass is 435 g/mol. The Hall–Kier alpha value is -3.27. The number of hydrogen-bond acceptors (Lipinski definition) is 5. The van der Waals surface area contributed by atoms with Gasteiger partial charge in [-0.15, -0.1) is 6.42 Å². The van der Waals surface area contributed by atoms with Crippen LogP contribution in [0.25, 0.3) is 10.9 Å². The fourth-order valence-electron chi connectivity index (χ4n) is 3.81. The van der Waals surface area contributed by atoms with Crippen molar-refractivity contribution in [1.82, 2.24) is 4.98 Å². The van der Waals surface area contributed by atoms with Crippen LogP contribution in [0.5, 0.6) is 0 Å². The number of terminal acetylenes is 1. The van der Waals surface area contributed by atoms with Crippen LogP contribution in [-0.2, 0) is 4.74 Å². The molecular weight excluding hydrogens is 414 g/mol. The number of aromatic nitrogens is 1. The van der Waals surface area contributed by atoms with Gasteiger partial charge in [0.05, 0.1) is 30.3 Å². The molecule has 2 N–H and O–H groups in total. The molecule has 31 heavy (non-hydrogen) atoms. The van der Waals surface area contributed by atoms with Crippen molar-refractivity contribution in [2.45, 2.75) is 13.0 Å². The van der Waals surface area contributed by atoms with Gasteiger partial charge in [-0.2, -0.15) is 0 Å². The first kappa shape index (κ1) is 21.0. The number of rotatable bonds is 5. The molecule has 1 atom stereocenters. The second-order valence-corrected chi connectivity index (χ2v) is 7.82. The minimum Gasteiger partial charge on any atom is -0.478 e. The number of morpholine rings is 1. The van der Waals surface area contributed by atoms with E-state index in [1.54, 1.807) is 24.3 Å². The van der Waals surface area contributed by atoms with Crippen LogP contribution in [0.3, 0.4) is 0 Å². The first-order chi connectivity index (χ1) is 15.0. The Kier molecular flexibility index (Phi) is 5.99. The fraction of sp³-hybridized carbons (Fsp3) is 0.250. The van der Waals surface area contributed by atoms with Gasteiger partial charge in [-0.1, -0.05) is 29.7 Å². The van der Waals surface area contributed by atoms with Gasteiger partial charge in [0.25, 0.3) is 0 Å². The van der Waals surface area contributed by atoms with E-state index in [2.05, 4.69) is 16.1 Å². The van der Waals surface area contributed by atoms with E-state index in [1.807, 2.05) is 25.1 Å². The summed E-state index contributed by atoms with van der Waals surface area (Å²) in [7, 11) is 0. The first-order valence-electron chi connectivity index (χ1n) is 10.0. The average molecular weight is 436 g/mol. The number of para-hydroxylation sites is 1. The van der Waals surface area contributed by atoms with E-state index < -0.39 is 5.97 Å². The van der Waals surface area contributed by atoms with Gasteiger partial charge >= 0.3 is 5.97 Å². The lowest BCUT2D eigenvalue weighted by Crippen LogP contribution is -2.36. The number of carboxylic acids is 1. The third-order valence-electron chi connectivity index (χ3n) is 5.38. The minimum absolute atomic E-state index is 0.201. The maximum Gasteiger partial charge on any atom is 0.337 e. The number of aromatic carboxylic acids is 1. The molecule has 1 unspecified atom stereocenters. The fourth-order valence-corrected chi connectivity index (χ4v) is 4.04. The van der Waals surface area contributed by atoms with Gasteiger partial charge in [-0.3, -0.25) is 0 Å². The summed E-state index contributed by atoms with van der Waals surface area (Å²) in [5, 5.41) is 14.1. The lowest BCUT2D eigenvalue weighted by molar-refractivity contribution is 0.0698. The summed E-state index contributed by atoms with van der Waals surface area (Å²) in [5.41, 5.74) is 3.03. The van der Waals surface area contributed by atoms with Gasteiger partial charge in [0.2, 0.25) is 0 Å². The molecule has 6 nitrogen and oxygen atoms in total. The van der Waals surface area contributed by atoms with Crippen LogP contribution in [-0.4, -0.2) is 42.4 Å². The number of benzene rings is 2. The zero-order valence-corrected chi connectivity index (χ0v) is 17.8. The molecule has 1 saturated heterocycles. The van der Waals surface area contributed by atoms with E-state index >= 15 is 0 Å². The summed E-state index contributed by atoms with van der Waals surface area (Å²) in [6, 6.07) is 12.1. The number of nitrogens with one attached hydrogen (secondary N) is 1. The number of halogens is 1. The van der Waals surface area contributed by atoms with Gasteiger partial charge in [0, 0.05) is 40.3 Å². The third-order valence-corrected chi connectivity index (χ3v) is 5.60. The Bertz CT molecular complexity index is 1180. The van der Waals surface area contributed by atoms with Gasteiger partial charge in [-0.25, -0.2) is 9.78 Å². The Morgan fingerprint density at radius 2 is 2.03 bits per heavy atom. The quantitative estimate of drug-likeness (QED) is 0.571. The van der Waals surface area contributed by atoms with Crippen molar-refractivity contribution in [3.05, 3.63) is 64.2 Å². The molecule has 2 aromatic carbocycles. The molecule has 0 spiro atoms. The molecule has 3 aromatic rings. The second-order valence-electron chi connectivity index (χ2n) is 7.38. The smallest absolute Gasteiger partial charge is 0.337 e. The standard InChI is InChI=1S/C24H22ClN3O3/c1-3-16-12-22(28-8-10-31-11-9-28)27-23-19(13-17(25)14-20(16)23)15(2)26-21-7-5-4-6-18(21)24(29)30/h1,4-7,12-15,26H,8-11H2,2H3,(H,29,30). The molecule has 0 bridgehead atoms. The lowest BCUT2D eigenvalue weighted by Gasteiger charge is -2.28. The molecule has 0 aliphatic carbocycles. The Balaban J connectivity index is 1.81. The molecule has 0 radical (unpaired) electrons. The van der Waals surface area contributed by atoms with E-state index in [1.165, 1.54) is 0 Å². The maximum atomic E-state index is 11.6. The van der Waals surface area contributed by atoms with Gasteiger partial charge in [0.1, 0.15) is 5.82 Å². The molecule has 1 aliphatic rings. The van der Waals surface area contributed by atoms with Crippen LogP contribution in [0.15, 0.2) is 42.5 Å². The SMILES string of the molecule is C#Cc1cc(N2CCOCC2)nc2c(C(C)Nc3ccccc3C(=O)O)cc(Cl)cc12. The van der Waals surface area contributed by atoms with Crippen LogP contribution in [0.1, 0.15) is 34.5 Å². The summed E-state index contributed by atoms with van der Waals surface area (Å²) >= 11 is 6.42. The van der Waals surface area contributed by atoms with Crippen LogP contribution >= 0.6 is 11.6 Å². The number of nitrogens with zero attached hydrogens (tertiary/aromatic N) is 2. The molecule has 1 fully saturated rings. The van der Waals surface area contributed by atoms with Crippen LogP contribution < -0.4 is 10.2 Å². The highest BCUT2D eigenvalue weighted by atomic mass is 35.5.